The van der Waals surface area contributed by atoms with Crippen LogP contribution in [-0.4, -0.2) is 105 Å². The molecule has 0 aliphatic rings. The van der Waals surface area contributed by atoms with Crippen molar-refractivity contribution in [1.29, 1.82) is 0 Å². The van der Waals surface area contributed by atoms with Gasteiger partial charge in [-0.3, -0.25) is 19.2 Å². The number of unbranched alkanes of at least 4 members (excludes halogenated alkanes) is 16. The first-order valence-electron chi connectivity index (χ1n) is 20.2. The first kappa shape index (κ1) is 50.1. The molecule has 4 N–H and O–H groups in total. The highest BCUT2D eigenvalue weighted by Crippen LogP contribution is 2.14. The first-order valence-corrected chi connectivity index (χ1v) is 21.4. The Morgan fingerprint density at radius 2 is 1.06 bits per heavy atom. The number of rotatable bonds is 40. The van der Waals surface area contributed by atoms with Gasteiger partial charge in [0.05, 0.1) is 52.1 Å². The van der Waals surface area contributed by atoms with Crippen molar-refractivity contribution in [3.63, 3.8) is 0 Å². The van der Waals surface area contributed by atoms with Gasteiger partial charge in [-0.05, 0) is 12.8 Å². The number of nitrogens with one attached hydrogen (secondary N) is 1. The van der Waals surface area contributed by atoms with E-state index in [1.54, 1.807) is 0 Å². The summed E-state index contributed by atoms with van der Waals surface area (Å²) < 4.78 is 27.2. The van der Waals surface area contributed by atoms with Crippen molar-refractivity contribution in [3.8, 4) is 0 Å². The molecular formula is C39H74N2O10S. The quantitative estimate of drug-likeness (QED) is 0.0432. The Balaban J connectivity index is 4.38. The fraction of sp³-hybridized carbons (Fsp3) is 0.897. The zero-order chi connectivity index (χ0) is 38.3. The molecule has 13 heteroatoms. The van der Waals surface area contributed by atoms with Gasteiger partial charge in [-0.2, -0.15) is 11.8 Å². The summed E-state index contributed by atoms with van der Waals surface area (Å²) >= 11 is 1.39. The summed E-state index contributed by atoms with van der Waals surface area (Å²) in [6, 6.07) is -0.762. The fourth-order valence-electron chi connectivity index (χ4n) is 5.26. The van der Waals surface area contributed by atoms with Crippen LogP contribution in [0.25, 0.3) is 0 Å². The second kappa shape index (κ2) is 38.8. The van der Waals surface area contributed by atoms with Gasteiger partial charge in [-0.15, -0.1) is 0 Å². The third-order valence-electron chi connectivity index (χ3n) is 8.39. The van der Waals surface area contributed by atoms with Crippen LogP contribution in [0.1, 0.15) is 149 Å². The lowest BCUT2D eigenvalue weighted by molar-refractivity contribution is -0.157. The largest absolute Gasteiger partial charge is 0.481 e. The van der Waals surface area contributed by atoms with Crippen LogP contribution in [0.5, 0.6) is 0 Å². The van der Waals surface area contributed by atoms with Crippen molar-refractivity contribution >= 4 is 35.6 Å². The van der Waals surface area contributed by atoms with Gasteiger partial charge in [-0.25, -0.2) is 0 Å². The van der Waals surface area contributed by atoms with E-state index >= 15 is 0 Å². The zero-order valence-electron chi connectivity index (χ0n) is 32.7. The summed E-state index contributed by atoms with van der Waals surface area (Å²) in [6.07, 6.45) is 21.0. The van der Waals surface area contributed by atoms with Crippen molar-refractivity contribution in [2.24, 2.45) is 5.73 Å². The zero-order valence-corrected chi connectivity index (χ0v) is 33.5. The summed E-state index contributed by atoms with van der Waals surface area (Å²) in [6.45, 7) is 6.52. The molecule has 306 valence electrons. The molecule has 0 rings (SSSR count). The summed E-state index contributed by atoms with van der Waals surface area (Å²) in [7, 11) is 0. The van der Waals surface area contributed by atoms with E-state index in [1.807, 2.05) is 0 Å². The number of hydrogen-bond donors (Lipinski definition) is 3. The van der Waals surface area contributed by atoms with Crippen LogP contribution in [-0.2, 0) is 42.9 Å². The molecule has 0 saturated heterocycles. The lowest BCUT2D eigenvalue weighted by Crippen LogP contribution is -2.43. The van der Waals surface area contributed by atoms with Crippen LogP contribution >= 0.6 is 11.8 Å². The van der Waals surface area contributed by atoms with Crippen molar-refractivity contribution < 1.29 is 48.0 Å². The van der Waals surface area contributed by atoms with Crippen LogP contribution in [0.15, 0.2) is 0 Å². The maximum atomic E-state index is 12.7. The molecule has 0 unspecified atom stereocenters. The number of carbonyl (C=O) groups excluding carboxylic acids is 3. The Bertz CT molecular complexity index is 867. The maximum absolute atomic E-state index is 12.7. The number of hydrogen-bond acceptors (Lipinski definition) is 11. The number of nitrogens with two attached hydrogens (primary N) is 1. The van der Waals surface area contributed by atoms with Gasteiger partial charge in [0.2, 0.25) is 5.91 Å². The van der Waals surface area contributed by atoms with E-state index in [9.17, 15) is 19.2 Å². The predicted octanol–water partition coefficient (Wildman–Crippen LogP) is 6.98. The Hall–Kier alpha value is -1.93. The Morgan fingerprint density at radius 1 is 0.596 bits per heavy atom. The highest BCUT2D eigenvalue weighted by molar-refractivity contribution is 7.99. The highest BCUT2D eigenvalue weighted by atomic mass is 32.2. The molecule has 0 aromatic carbocycles. The first-order chi connectivity index (χ1) is 25.3. The molecule has 2 atom stereocenters. The van der Waals surface area contributed by atoms with Gasteiger partial charge in [0.25, 0.3) is 0 Å². The number of esters is 2. The molecule has 0 fully saturated rings. The van der Waals surface area contributed by atoms with Gasteiger partial charge in [0.15, 0.2) is 0 Å². The van der Waals surface area contributed by atoms with Crippen LogP contribution in [0.4, 0.5) is 0 Å². The molecule has 0 bridgehead atoms. The number of ether oxygens (including phenoxy) is 5. The normalized spacial score (nSPS) is 12.4. The Morgan fingerprint density at radius 3 is 1.58 bits per heavy atom. The topological polar surface area (TPSA) is 173 Å². The van der Waals surface area contributed by atoms with Crippen molar-refractivity contribution in [2.45, 2.75) is 161 Å². The molecule has 0 aromatic rings. The fourth-order valence-corrected chi connectivity index (χ4v) is 6.23. The van der Waals surface area contributed by atoms with Crippen molar-refractivity contribution in [1.82, 2.24) is 5.32 Å². The molecule has 0 saturated carbocycles. The molecule has 52 heavy (non-hydrogen) atoms. The number of thioether (sulfide) groups is 1. The second-order valence-electron chi connectivity index (χ2n) is 13.4. The number of carboxylic acids is 1. The average molecular weight is 763 g/mol. The number of amides is 1. The van der Waals surface area contributed by atoms with Gasteiger partial charge in [-0.1, -0.05) is 117 Å². The molecule has 0 spiro atoms. The van der Waals surface area contributed by atoms with E-state index in [2.05, 4.69) is 19.2 Å². The van der Waals surface area contributed by atoms with Crippen molar-refractivity contribution in [3.05, 3.63) is 0 Å². The number of aliphatic carboxylic acids is 1. The van der Waals surface area contributed by atoms with E-state index in [4.69, 9.17) is 34.5 Å². The SMILES string of the molecule is CCCCCCCCCCCC(=O)OC[C@H](CSC[C@H](N)C(=O)NCCOCCOCCOCCC(=O)O)OC(=O)CCCCCCCCCCC. The number of carbonyl (C=O) groups is 4. The van der Waals surface area contributed by atoms with Crippen molar-refractivity contribution in [2.75, 3.05) is 64.3 Å². The minimum Gasteiger partial charge on any atom is -0.481 e. The van der Waals surface area contributed by atoms with Gasteiger partial charge in [0, 0.05) is 30.9 Å². The summed E-state index contributed by atoms with van der Waals surface area (Å²) in [5.41, 5.74) is 6.10. The monoisotopic (exact) mass is 763 g/mol. The third-order valence-corrected chi connectivity index (χ3v) is 9.59. The van der Waals surface area contributed by atoms with Crippen LogP contribution in [0.2, 0.25) is 0 Å². The van der Waals surface area contributed by atoms with Gasteiger partial charge in [0.1, 0.15) is 12.7 Å². The molecular weight excluding hydrogens is 688 g/mol. The Labute approximate surface area is 319 Å². The maximum Gasteiger partial charge on any atom is 0.306 e. The Kier molecular flexibility index (Phi) is 37.3. The summed E-state index contributed by atoms with van der Waals surface area (Å²) in [4.78, 5) is 48.0. The number of carboxylic acid groups (broad SMARTS) is 1. The molecule has 0 heterocycles. The smallest absolute Gasteiger partial charge is 0.306 e. The molecule has 1 amide bonds. The predicted molar refractivity (Wildman–Crippen MR) is 208 cm³/mol. The molecule has 0 aliphatic carbocycles. The van der Waals surface area contributed by atoms with Crippen LogP contribution in [0.3, 0.4) is 0 Å². The third kappa shape index (κ3) is 36.4. The molecule has 12 nitrogen and oxygen atoms in total. The molecule has 0 radical (unpaired) electrons. The van der Waals surface area contributed by atoms with E-state index in [-0.39, 0.29) is 37.5 Å². The van der Waals surface area contributed by atoms with Crippen LogP contribution < -0.4 is 11.1 Å². The van der Waals surface area contributed by atoms with E-state index in [0.717, 1.165) is 38.5 Å². The summed E-state index contributed by atoms with van der Waals surface area (Å²) in [5, 5.41) is 11.3. The minimum absolute atomic E-state index is 0.00695. The second-order valence-corrected chi connectivity index (χ2v) is 14.4. The van der Waals surface area contributed by atoms with E-state index in [1.165, 1.54) is 88.8 Å². The van der Waals surface area contributed by atoms with Crippen LogP contribution in [0, 0.1) is 0 Å². The van der Waals surface area contributed by atoms with E-state index in [0.29, 0.717) is 63.9 Å². The minimum atomic E-state index is -0.902. The lowest BCUT2D eigenvalue weighted by atomic mass is 10.1. The average Bonchev–Trinajstić information content (AvgIpc) is 3.12. The summed E-state index contributed by atoms with van der Waals surface area (Å²) in [5.74, 6) is -1.10. The van der Waals surface area contributed by atoms with Gasteiger partial charge >= 0.3 is 17.9 Å². The van der Waals surface area contributed by atoms with E-state index < -0.39 is 18.1 Å². The lowest BCUT2D eigenvalue weighted by Gasteiger charge is -2.19. The molecule has 0 aliphatic heterocycles. The molecule has 0 aromatic heterocycles. The standard InChI is InChI=1S/C39H74N2O10S/c1-3-5-7-9-11-13-15-17-19-21-37(44)50-31-34(51-38(45)22-20-18-16-14-12-10-8-6-4-2)32-52-33-35(40)39(46)41-24-26-48-28-30-49-29-27-47-25-23-36(42)43/h34-35H,3-33,40H2,1-2H3,(H,41,46)(H,42,43)/t34-,35+/m1/s1. The van der Waals surface area contributed by atoms with Gasteiger partial charge < -0.3 is 39.8 Å². The highest BCUT2D eigenvalue weighted by Gasteiger charge is 2.20.